The van der Waals surface area contributed by atoms with E-state index in [1.807, 2.05) is 24.1 Å². The largest absolute Gasteiger partial charge is 0.446 e. The number of pyridine rings is 1. The van der Waals surface area contributed by atoms with Gasteiger partial charge in [-0.3, -0.25) is 9.78 Å². The van der Waals surface area contributed by atoms with Gasteiger partial charge in [0.25, 0.3) is 5.91 Å². The zero-order valence-electron chi connectivity index (χ0n) is 18.0. The fourth-order valence-corrected chi connectivity index (χ4v) is 4.29. The number of nitrogens with zero attached hydrogens (tertiary/aromatic N) is 3. The van der Waals surface area contributed by atoms with Crippen LogP contribution in [0.2, 0.25) is 5.02 Å². The van der Waals surface area contributed by atoms with E-state index in [2.05, 4.69) is 15.2 Å². The molecule has 0 atom stereocenters. The number of anilines is 2. The third-order valence-corrected chi connectivity index (χ3v) is 6.27. The molecule has 3 aromatic rings. The molecule has 0 saturated heterocycles. The molecule has 2 heterocycles. The summed E-state index contributed by atoms with van der Waals surface area (Å²) in [6.07, 6.45) is 5.19. The lowest BCUT2D eigenvalue weighted by atomic mass is 10.1. The summed E-state index contributed by atoms with van der Waals surface area (Å²) in [6, 6.07) is 14.9. The number of carbonyl (C=O) groups excluding carboxylic acids is 1. The number of thioether (sulfide) groups is 1. The Morgan fingerprint density at radius 2 is 1.88 bits per heavy atom. The first-order valence-electron chi connectivity index (χ1n) is 10.2. The molecular weight excluding hydrogens is 485 g/mol. The fourth-order valence-electron chi connectivity index (χ4n) is 3.53. The van der Waals surface area contributed by atoms with E-state index in [4.69, 9.17) is 11.6 Å². The lowest BCUT2D eigenvalue weighted by Crippen LogP contribution is -2.26. The number of rotatable bonds is 6. The number of alkyl halides is 3. The van der Waals surface area contributed by atoms with E-state index in [0.717, 1.165) is 16.9 Å². The van der Waals surface area contributed by atoms with Gasteiger partial charge in [0.1, 0.15) is 0 Å². The average Bonchev–Trinajstić information content (AvgIpc) is 3.15. The zero-order chi connectivity index (χ0) is 24.3. The van der Waals surface area contributed by atoms with Gasteiger partial charge in [0.2, 0.25) is 0 Å². The highest BCUT2D eigenvalue weighted by Gasteiger charge is 2.29. The number of hydrogen-bond donors (Lipinski definition) is 1. The van der Waals surface area contributed by atoms with Crippen molar-refractivity contribution in [2.45, 2.75) is 23.9 Å². The maximum absolute atomic E-state index is 12.7. The first kappa shape index (κ1) is 24.0. The third kappa shape index (κ3) is 5.84. The summed E-state index contributed by atoms with van der Waals surface area (Å²) < 4.78 is 37.7. The van der Waals surface area contributed by atoms with E-state index in [1.165, 1.54) is 12.1 Å². The number of amides is 1. The standard InChI is InChI=1S/C24H20ClF3N4OS/c1-16-13-32(18-6-8-19(9-7-18)34-24(26,27)28)15-31(16)14-17-10-11-29-12-22(17)30-23(33)20-4-2-3-5-21(20)25/h2-13H,14-15H2,1H3,(H,30,33). The summed E-state index contributed by atoms with van der Waals surface area (Å²) in [5.74, 6) is -0.327. The average molecular weight is 505 g/mol. The van der Waals surface area contributed by atoms with Gasteiger partial charge >= 0.3 is 5.51 Å². The van der Waals surface area contributed by atoms with Crippen LogP contribution >= 0.6 is 23.4 Å². The van der Waals surface area contributed by atoms with Gasteiger partial charge in [0, 0.05) is 35.2 Å². The molecule has 34 heavy (non-hydrogen) atoms. The highest BCUT2D eigenvalue weighted by Crippen LogP contribution is 2.37. The van der Waals surface area contributed by atoms with Crippen LogP contribution in [0.1, 0.15) is 22.8 Å². The molecule has 1 amide bonds. The molecule has 1 aliphatic heterocycles. The fraction of sp³-hybridized carbons (Fsp3) is 0.167. The predicted octanol–water partition coefficient (Wildman–Crippen LogP) is 6.74. The van der Waals surface area contributed by atoms with E-state index >= 15 is 0 Å². The predicted molar refractivity (Wildman–Crippen MR) is 129 cm³/mol. The first-order chi connectivity index (χ1) is 16.2. The van der Waals surface area contributed by atoms with Crippen LogP contribution in [0, 0.1) is 0 Å². The van der Waals surface area contributed by atoms with Crippen LogP contribution in [0.15, 0.2) is 83.8 Å². The van der Waals surface area contributed by atoms with Crippen molar-refractivity contribution in [2.24, 2.45) is 0 Å². The minimum Gasteiger partial charge on any atom is -0.351 e. The normalized spacial score (nSPS) is 13.7. The lowest BCUT2D eigenvalue weighted by Gasteiger charge is -2.24. The Labute approximate surface area is 204 Å². The lowest BCUT2D eigenvalue weighted by molar-refractivity contribution is -0.0328. The van der Waals surface area contributed by atoms with Crippen molar-refractivity contribution in [3.8, 4) is 0 Å². The van der Waals surface area contributed by atoms with Crippen molar-refractivity contribution in [3.05, 3.63) is 95.0 Å². The summed E-state index contributed by atoms with van der Waals surface area (Å²) in [4.78, 5) is 21.0. The molecule has 5 nitrogen and oxygen atoms in total. The number of hydrogen-bond acceptors (Lipinski definition) is 5. The van der Waals surface area contributed by atoms with Crippen LogP contribution in [0.5, 0.6) is 0 Å². The Morgan fingerprint density at radius 3 is 2.59 bits per heavy atom. The smallest absolute Gasteiger partial charge is 0.351 e. The third-order valence-electron chi connectivity index (χ3n) is 5.21. The van der Waals surface area contributed by atoms with Gasteiger partial charge in [0.15, 0.2) is 0 Å². The first-order valence-corrected chi connectivity index (χ1v) is 11.4. The van der Waals surface area contributed by atoms with Crippen LogP contribution < -0.4 is 10.2 Å². The number of allylic oxidation sites excluding steroid dienone is 1. The maximum Gasteiger partial charge on any atom is 0.446 e. The molecule has 10 heteroatoms. The number of nitrogens with one attached hydrogen (secondary N) is 1. The van der Waals surface area contributed by atoms with E-state index in [1.54, 1.807) is 48.8 Å². The monoisotopic (exact) mass is 504 g/mol. The minimum absolute atomic E-state index is 0.133. The Balaban J connectivity index is 1.45. The van der Waals surface area contributed by atoms with Crippen LogP contribution in [-0.4, -0.2) is 28.0 Å². The van der Waals surface area contributed by atoms with Crippen LogP contribution in [0.25, 0.3) is 0 Å². The van der Waals surface area contributed by atoms with Gasteiger partial charge < -0.3 is 15.1 Å². The molecule has 2 aromatic carbocycles. The number of aromatic nitrogens is 1. The molecule has 1 aliphatic rings. The highest BCUT2D eigenvalue weighted by molar-refractivity contribution is 8.00. The second-order valence-corrected chi connectivity index (χ2v) is 9.13. The van der Waals surface area contributed by atoms with Crippen molar-refractivity contribution < 1.29 is 18.0 Å². The summed E-state index contributed by atoms with van der Waals surface area (Å²) in [6.45, 7) is 2.97. The molecule has 1 aromatic heterocycles. The molecule has 1 N–H and O–H groups in total. The van der Waals surface area contributed by atoms with E-state index in [9.17, 15) is 18.0 Å². The van der Waals surface area contributed by atoms with Gasteiger partial charge in [-0.1, -0.05) is 23.7 Å². The van der Waals surface area contributed by atoms with Gasteiger partial charge in [-0.15, -0.1) is 0 Å². The number of carbonyl (C=O) groups is 1. The molecule has 0 saturated carbocycles. The second-order valence-electron chi connectivity index (χ2n) is 7.59. The van der Waals surface area contributed by atoms with Crippen LogP contribution in [0.3, 0.4) is 0 Å². The Kier molecular flexibility index (Phi) is 7.04. The molecule has 4 rings (SSSR count). The molecular formula is C24H20ClF3N4OS. The zero-order valence-corrected chi connectivity index (χ0v) is 19.6. The Hall–Kier alpha value is -3.17. The van der Waals surface area contributed by atoms with Crippen molar-refractivity contribution in [3.63, 3.8) is 0 Å². The molecule has 0 bridgehead atoms. The molecule has 0 radical (unpaired) electrons. The van der Waals surface area contributed by atoms with E-state index in [0.29, 0.717) is 29.5 Å². The second kappa shape index (κ2) is 9.99. The molecule has 0 spiro atoms. The number of benzene rings is 2. The maximum atomic E-state index is 12.7. The van der Waals surface area contributed by atoms with Crippen molar-refractivity contribution in [1.82, 2.24) is 9.88 Å². The van der Waals surface area contributed by atoms with Crippen LogP contribution in [-0.2, 0) is 6.54 Å². The summed E-state index contributed by atoms with van der Waals surface area (Å²) in [5.41, 5.74) is -0.737. The summed E-state index contributed by atoms with van der Waals surface area (Å²) >= 11 is 6.01. The molecule has 0 aliphatic carbocycles. The van der Waals surface area contributed by atoms with Crippen molar-refractivity contribution in [1.29, 1.82) is 0 Å². The summed E-state index contributed by atoms with van der Waals surface area (Å²) in [7, 11) is 0. The van der Waals surface area contributed by atoms with Gasteiger partial charge in [0.05, 0.1) is 29.1 Å². The SMILES string of the molecule is CC1=CN(c2ccc(SC(F)(F)F)cc2)CN1Cc1ccncc1NC(=O)c1ccccc1Cl. The van der Waals surface area contributed by atoms with Gasteiger partial charge in [-0.2, -0.15) is 13.2 Å². The molecule has 0 fully saturated rings. The minimum atomic E-state index is -4.31. The van der Waals surface area contributed by atoms with Gasteiger partial charge in [-0.25, -0.2) is 0 Å². The van der Waals surface area contributed by atoms with Gasteiger partial charge in [-0.05, 0) is 66.7 Å². The van der Waals surface area contributed by atoms with Crippen molar-refractivity contribution in [2.75, 3.05) is 16.9 Å². The summed E-state index contributed by atoms with van der Waals surface area (Å²) in [5, 5.41) is 3.24. The topological polar surface area (TPSA) is 48.5 Å². The van der Waals surface area contributed by atoms with Crippen LogP contribution in [0.4, 0.5) is 24.5 Å². The van der Waals surface area contributed by atoms with E-state index < -0.39 is 5.51 Å². The quantitative estimate of drug-likeness (QED) is 0.377. The highest BCUT2D eigenvalue weighted by atomic mass is 35.5. The Morgan fingerprint density at radius 1 is 1.15 bits per heavy atom. The van der Waals surface area contributed by atoms with E-state index in [-0.39, 0.29) is 22.6 Å². The number of halogens is 4. The molecule has 176 valence electrons. The Bertz CT molecular complexity index is 1220. The molecule has 0 unspecified atom stereocenters. The van der Waals surface area contributed by atoms with Crippen molar-refractivity contribution >= 4 is 40.6 Å².